The molecule has 0 radical (unpaired) electrons. The Morgan fingerprint density at radius 3 is 2.45 bits per heavy atom. The van der Waals surface area contributed by atoms with Crippen LogP contribution in [0.25, 0.3) is 11.0 Å². The number of rotatable bonds is 5. The molecule has 0 aliphatic carbocycles. The van der Waals surface area contributed by atoms with Gasteiger partial charge in [-0.1, -0.05) is 42.0 Å². The maximum atomic E-state index is 12.9. The monoisotopic (exact) mass is 392 g/mol. The number of morpholine rings is 1. The maximum Gasteiger partial charge on any atom is 0.287 e. The predicted molar refractivity (Wildman–Crippen MR) is 114 cm³/mol. The van der Waals surface area contributed by atoms with Crippen LogP contribution in [-0.4, -0.2) is 43.7 Å². The van der Waals surface area contributed by atoms with Crippen LogP contribution >= 0.6 is 0 Å². The molecule has 0 saturated carbocycles. The molecule has 2 aromatic carbocycles. The predicted octanol–water partition coefficient (Wildman–Crippen LogP) is 4.16. The lowest BCUT2D eigenvalue weighted by atomic mass is 10.0. The number of benzene rings is 2. The lowest BCUT2D eigenvalue weighted by Crippen LogP contribution is -2.43. The number of carbonyl (C=O) groups is 1. The molecule has 0 unspecified atom stereocenters. The Labute approximate surface area is 171 Å². The summed E-state index contributed by atoms with van der Waals surface area (Å²) < 4.78 is 11.4. The van der Waals surface area contributed by atoms with Crippen molar-refractivity contribution in [3.8, 4) is 0 Å². The number of fused-ring (bicyclic) bond motifs is 1. The summed E-state index contributed by atoms with van der Waals surface area (Å²) in [7, 11) is 0. The smallest absolute Gasteiger partial charge is 0.287 e. The van der Waals surface area contributed by atoms with Crippen molar-refractivity contribution in [2.24, 2.45) is 0 Å². The fraction of sp³-hybridized carbons (Fsp3) is 0.375. The van der Waals surface area contributed by atoms with Crippen LogP contribution in [0.1, 0.15) is 38.9 Å². The van der Waals surface area contributed by atoms with Crippen LogP contribution in [-0.2, 0) is 4.74 Å². The molecule has 2 heterocycles. The number of nitrogens with one attached hydrogen (secondary N) is 1. The minimum atomic E-state index is -0.165. The van der Waals surface area contributed by atoms with Gasteiger partial charge in [0.1, 0.15) is 5.58 Å². The number of ether oxygens (including phenoxy) is 1. The van der Waals surface area contributed by atoms with Crippen LogP contribution in [0.4, 0.5) is 0 Å². The third-order valence-electron chi connectivity index (χ3n) is 5.70. The molecule has 1 aliphatic rings. The molecule has 4 rings (SSSR count). The lowest BCUT2D eigenvalue weighted by molar-refractivity contribution is 0.0161. The summed E-state index contributed by atoms with van der Waals surface area (Å²) in [4.78, 5) is 15.3. The van der Waals surface area contributed by atoms with Crippen molar-refractivity contribution < 1.29 is 13.9 Å². The molecule has 1 aliphatic heterocycles. The van der Waals surface area contributed by atoms with E-state index in [9.17, 15) is 4.79 Å². The average molecular weight is 392 g/mol. The number of nitrogens with zero attached hydrogens (tertiary/aromatic N) is 1. The molecule has 1 saturated heterocycles. The Morgan fingerprint density at radius 1 is 1.03 bits per heavy atom. The van der Waals surface area contributed by atoms with E-state index in [-0.39, 0.29) is 11.9 Å². The standard InChI is InChI=1S/C24H28N2O3/c1-16-4-7-19(8-5-16)21(26-10-12-28-13-11-26)15-25-24(27)23-18(3)20-9-6-17(2)14-22(20)29-23/h4-9,14,21H,10-13,15H2,1-3H3,(H,25,27)/t21-/m0/s1. The maximum absolute atomic E-state index is 12.9. The summed E-state index contributed by atoms with van der Waals surface area (Å²) in [6.07, 6.45) is 0. The number of furan rings is 1. The van der Waals surface area contributed by atoms with E-state index in [4.69, 9.17) is 9.15 Å². The van der Waals surface area contributed by atoms with Gasteiger partial charge in [-0.25, -0.2) is 0 Å². The molecule has 1 N–H and O–H groups in total. The van der Waals surface area contributed by atoms with Crippen LogP contribution in [0.5, 0.6) is 0 Å². The number of hydrogen-bond donors (Lipinski definition) is 1. The molecule has 152 valence electrons. The summed E-state index contributed by atoms with van der Waals surface area (Å²) in [5.41, 5.74) is 5.19. The van der Waals surface area contributed by atoms with E-state index in [0.717, 1.165) is 48.4 Å². The lowest BCUT2D eigenvalue weighted by Gasteiger charge is -2.35. The second-order valence-corrected chi connectivity index (χ2v) is 7.84. The van der Waals surface area contributed by atoms with Crippen molar-refractivity contribution in [3.05, 3.63) is 70.5 Å². The second kappa shape index (κ2) is 8.39. The number of hydrogen-bond acceptors (Lipinski definition) is 4. The first-order valence-electron chi connectivity index (χ1n) is 10.2. The van der Waals surface area contributed by atoms with E-state index in [1.807, 2.05) is 32.0 Å². The van der Waals surface area contributed by atoms with Crippen molar-refractivity contribution in [3.63, 3.8) is 0 Å². The Morgan fingerprint density at radius 2 is 1.72 bits per heavy atom. The van der Waals surface area contributed by atoms with Gasteiger partial charge in [0, 0.05) is 30.6 Å². The van der Waals surface area contributed by atoms with E-state index >= 15 is 0 Å². The molecule has 1 amide bonds. The van der Waals surface area contributed by atoms with Crippen molar-refractivity contribution >= 4 is 16.9 Å². The highest BCUT2D eigenvalue weighted by molar-refractivity contribution is 5.99. The van der Waals surface area contributed by atoms with Gasteiger partial charge in [-0.05, 0) is 38.0 Å². The van der Waals surface area contributed by atoms with E-state index < -0.39 is 0 Å². The highest BCUT2D eigenvalue weighted by Crippen LogP contribution is 2.27. The largest absolute Gasteiger partial charge is 0.451 e. The van der Waals surface area contributed by atoms with Crippen LogP contribution in [0.15, 0.2) is 46.9 Å². The van der Waals surface area contributed by atoms with Gasteiger partial charge < -0.3 is 14.5 Å². The molecular weight excluding hydrogens is 364 g/mol. The summed E-state index contributed by atoms with van der Waals surface area (Å²) in [6.45, 7) is 9.73. The quantitative estimate of drug-likeness (QED) is 0.708. The van der Waals surface area contributed by atoms with Crippen LogP contribution in [0, 0.1) is 20.8 Å². The highest BCUT2D eigenvalue weighted by atomic mass is 16.5. The summed E-state index contributed by atoms with van der Waals surface area (Å²) in [5.74, 6) is 0.233. The first-order valence-corrected chi connectivity index (χ1v) is 10.2. The zero-order valence-electron chi connectivity index (χ0n) is 17.3. The second-order valence-electron chi connectivity index (χ2n) is 7.84. The molecule has 1 atom stereocenters. The highest BCUT2D eigenvalue weighted by Gasteiger charge is 2.25. The van der Waals surface area contributed by atoms with Crippen molar-refractivity contribution in [2.45, 2.75) is 26.8 Å². The van der Waals surface area contributed by atoms with Gasteiger partial charge in [-0.15, -0.1) is 0 Å². The van der Waals surface area contributed by atoms with E-state index in [1.165, 1.54) is 11.1 Å². The Balaban J connectivity index is 1.54. The van der Waals surface area contributed by atoms with E-state index in [0.29, 0.717) is 12.3 Å². The van der Waals surface area contributed by atoms with Crippen molar-refractivity contribution in [2.75, 3.05) is 32.8 Å². The number of carbonyl (C=O) groups excluding carboxylic acids is 1. The molecule has 5 heteroatoms. The minimum Gasteiger partial charge on any atom is -0.451 e. The van der Waals surface area contributed by atoms with Crippen LogP contribution in [0.3, 0.4) is 0 Å². The van der Waals surface area contributed by atoms with E-state index in [1.54, 1.807) is 0 Å². The molecule has 5 nitrogen and oxygen atoms in total. The average Bonchev–Trinajstić information content (AvgIpc) is 3.06. The Bertz CT molecular complexity index is 1000. The fourth-order valence-electron chi connectivity index (χ4n) is 3.95. The van der Waals surface area contributed by atoms with Gasteiger partial charge in [0.2, 0.25) is 0 Å². The van der Waals surface area contributed by atoms with Crippen molar-refractivity contribution in [1.82, 2.24) is 10.2 Å². The topological polar surface area (TPSA) is 54.7 Å². The SMILES string of the molecule is Cc1ccc([C@H](CNC(=O)c2oc3cc(C)ccc3c2C)N2CCOCC2)cc1. The van der Waals surface area contributed by atoms with E-state index in [2.05, 4.69) is 41.4 Å². The van der Waals surface area contributed by atoms with Gasteiger partial charge in [0.15, 0.2) is 5.76 Å². The Kier molecular flexibility index (Phi) is 5.69. The minimum absolute atomic E-state index is 0.107. The number of amides is 1. The fourth-order valence-corrected chi connectivity index (χ4v) is 3.95. The normalized spacial score (nSPS) is 16.1. The zero-order valence-corrected chi connectivity index (χ0v) is 17.3. The third-order valence-corrected chi connectivity index (χ3v) is 5.70. The Hall–Kier alpha value is -2.63. The molecule has 3 aromatic rings. The van der Waals surface area contributed by atoms with Gasteiger partial charge in [0.05, 0.1) is 19.3 Å². The van der Waals surface area contributed by atoms with Gasteiger partial charge in [0.25, 0.3) is 5.91 Å². The van der Waals surface area contributed by atoms with Gasteiger partial charge in [-0.2, -0.15) is 0 Å². The van der Waals surface area contributed by atoms with Crippen LogP contribution < -0.4 is 5.32 Å². The molecule has 1 fully saturated rings. The van der Waals surface area contributed by atoms with Gasteiger partial charge >= 0.3 is 0 Å². The molecular formula is C24H28N2O3. The molecule has 0 spiro atoms. The summed E-state index contributed by atoms with van der Waals surface area (Å²) >= 11 is 0. The summed E-state index contributed by atoms with van der Waals surface area (Å²) in [6, 6.07) is 14.7. The first-order chi connectivity index (χ1) is 14.0. The molecule has 0 bridgehead atoms. The first kappa shape index (κ1) is 19.7. The van der Waals surface area contributed by atoms with Crippen molar-refractivity contribution in [1.29, 1.82) is 0 Å². The van der Waals surface area contributed by atoms with Gasteiger partial charge in [-0.3, -0.25) is 9.69 Å². The van der Waals surface area contributed by atoms with Crippen LogP contribution in [0.2, 0.25) is 0 Å². The summed E-state index contributed by atoms with van der Waals surface area (Å²) in [5, 5.41) is 4.10. The zero-order chi connectivity index (χ0) is 20.4. The molecule has 1 aromatic heterocycles. The molecule has 29 heavy (non-hydrogen) atoms. The number of aryl methyl sites for hydroxylation is 3. The third kappa shape index (κ3) is 4.21.